The molecule has 0 aliphatic carbocycles. The van der Waals surface area contributed by atoms with Gasteiger partial charge < -0.3 is 11.1 Å². The summed E-state index contributed by atoms with van der Waals surface area (Å²) in [5.74, 6) is 0. The Morgan fingerprint density at radius 1 is 1.00 bits per heavy atom. The first-order valence-electron chi connectivity index (χ1n) is 7.31. The standard InChI is InChI=1S/C20H22N2/c1-3-10-17(15-16-21)20(22-2,18-11-6-4-7-12-18)19-13-8-5-9-14-19/h3-16,22H,1,21H2,2H3/b16-15-,17-10+. The molecular formula is C20H22N2. The molecule has 0 aromatic heterocycles. The number of hydrogen-bond acceptors (Lipinski definition) is 2. The van der Waals surface area contributed by atoms with Crippen LogP contribution in [0, 0.1) is 0 Å². The van der Waals surface area contributed by atoms with Crippen molar-refractivity contribution in [3.05, 3.63) is 108 Å². The average molecular weight is 290 g/mol. The monoisotopic (exact) mass is 290 g/mol. The fourth-order valence-electron chi connectivity index (χ4n) is 2.85. The van der Waals surface area contributed by atoms with E-state index in [1.165, 1.54) is 0 Å². The third-order valence-corrected chi connectivity index (χ3v) is 3.79. The highest BCUT2D eigenvalue weighted by Crippen LogP contribution is 2.37. The molecule has 0 aliphatic rings. The van der Waals surface area contributed by atoms with Crippen molar-refractivity contribution in [2.75, 3.05) is 7.05 Å². The molecule has 2 rings (SSSR count). The van der Waals surface area contributed by atoms with Crippen molar-refractivity contribution in [2.45, 2.75) is 5.54 Å². The molecule has 0 unspecified atom stereocenters. The largest absolute Gasteiger partial charge is 0.405 e. The molecule has 2 heteroatoms. The Labute approximate surface area is 132 Å². The van der Waals surface area contributed by atoms with Gasteiger partial charge >= 0.3 is 0 Å². The Morgan fingerprint density at radius 2 is 1.50 bits per heavy atom. The number of nitrogens with one attached hydrogen (secondary N) is 1. The van der Waals surface area contributed by atoms with Crippen LogP contribution in [0.5, 0.6) is 0 Å². The zero-order chi connectivity index (χ0) is 15.8. The van der Waals surface area contributed by atoms with Crippen LogP contribution in [0.2, 0.25) is 0 Å². The maximum absolute atomic E-state index is 5.68. The molecule has 112 valence electrons. The van der Waals surface area contributed by atoms with Crippen molar-refractivity contribution in [3.8, 4) is 0 Å². The van der Waals surface area contributed by atoms with Crippen molar-refractivity contribution in [2.24, 2.45) is 5.73 Å². The minimum atomic E-state index is -0.480. The lowest BCUT2D eigenvalue weighted by Gasteiger charge is -2.36. The molecule has 0 saturated carbocycles. The third kappa shape index (κ3) is 2.87. The van der Waals surface area contributed by atoms with E-state index >= 15 is 0 Å². The summed E-state index contributed by atoms with van der Waals surface area (Å²) >= 11 is 0. The summed E-state index contributed by atoms with van der Waals surface area (Å²) in [6.45, 7) is 3.84. The van der Waals surface area contributed by atoms with Gasteiger partial charge in [-0.05, 0) is 36.0 Å². The number of likely N-dealkylation sites (N-methyl/N-ethyl adjacent to an activating group) is 1. The molecule has 0 spiro atoms. The predicted molar refractivity (Wildman–Crippen MR) is 94.3 cm³/mol. The van der Waals surface area contributed by atoms with Crippen LogP contribution in [0.25, 0.3) is 0 Å². The van der Waals surface area contributed by atoms with Gasteiger partial charge in [0.1, 0.15) is 0 Å². The van der Waals surface area contributed by atoms with Crippen LogP contribution in [0.15, 0.2) is 97.2 Å². The highest BCUT2D eigenvalue weighted by atomic mass is 14.9. The Hall–Kier alpha value is -2.58. The van der Waals surface area contributed by atoms with Crippen LogP contribution in [-0.4, -0.2) is 7.05 Å². The van der Waals surface area contributed by atoms with Crippen molar-refractivity contribution >= 4 is 0 Å². The Morgan fingerprint density at radius 3 is 1.86 bits per heavy atom. The van der Waals surface area contributed by atoms with Gasteiger partial charge in [-0.1, -0.05) is 79.4 Å². The maximum Gasteiger partial charge on any atom is 0.0946 e. The van der Waals surface area contributed by atoms with Gasteiger partial charge in [-0.25, -0.2) is 0 Å². The van der Waals surface area contributed by atoms with Crippen molar-refractivity contribution < 1.29 is 0 Å². The quantitative estimate of drug-likeness (QED) is 0.795. The molecule has 0 bridgehead atoms. The van der Waals surface area contributed by atoms with E-state index in [0.29, 0.717) is 0 Å². The molecular weight excluding hydrogens is 268 g/mol. The highest BCUT2D eigenvalue weighted by molar-refractivity contribution is 5.52. The molecule has 0 aliphatic heterocycles. The lowest BCUT2D eigenvalue weighted by molar-refractivity contribution is 0.524. The maximum atomic E-state index is 5.68. The topological polar surface area (TPSA) is 38.0 Å². The minimum Gasteiger partial charge on any atom is -0.405 e. The first-order chi connectivity index (χ1) is 10.8. The van der Waals surface area contributed by atoms with E-state index in [0.717, 1.165) is 16.7 Å². The van der Waals surface area contributed by atoms with Crippen molar-refractivity contribution in [3.63, 3.8) is 0 Å². The van der Waals surface area contributed by atoms with E-state index in [2.05, 4.69) is 36.2 Å². The predicted octanol–water partition coefficient (Wildman–Crippen LogP) is 3.73. The van der Waals surface area contributed by atoms with Gasteiger partial charge in [0.15, 0.2) is 0 Å². The molecule has 0 saturated heterocycles. The van der Waals surface area contributed by atoms with E-state index in [-0.39, 0.29) is 0 Å². The summed E-state index contributed by atoms with van der Waals surface area (Å²) in [5.41, 5.74) is 8.53. The summed E-state index contributed by atoms with van der Waals surface area (Å²) in [6, 6.07) is 20.7. The highest BCUT2D eigenvalue weighted by Gasteiger charge is 2.35. The molecule has 0 radical (unpaired) electrons. The number of rotatable bonds is 6. The van der Waals surface area contributed by atoms with Gasteiger partial charge in [0.2, 0.25) is 0 Å². The third-order valence-electron chi connectivity index (χ3n) is 3.79. The van der Waals surface area contributed by atoms with Crippen molar-refractivity contribution in [1.29, 1.82) is 0 Å². The fraction of sp³-hybridized carbons (Fsp3) is 0.100. The van der Waals surface area contributed by atoms with Crippen LogP contribution >= 0.6 is 0 Å². The second-order valence-corrected chi connectivity index (χ2v) is 4.95. The second-order valence-electron chi connectivity index (χ2n) is 4.95. The fourth-order valence-corrected chi connectivity index (χ4v) is 2.85. The lowest BCUT2D eigenvalue weighted by Crippen LogP contribution is -2.42. The van der Waals surface area contributed by atoms with E-state index in [4.69, 9.17) is 5.73 Å². The summed E-state index contributed by atoms with van der Waals surface area (Å²) in [7, 11) is 1.96. The van der Waals surface area contributed by atoms with Crippen LogP contribution in [0.3, 0.4) is 0 Å². The molecule has 0 fully saturated rings. The molecule has 0 atom stereocenters. The van der Waals surface area contributed by atoms with Gasteiger partial charge in [-0.15, -0.1) is 0 Å². The van der Waals surface area contributed by atoms with Crippen molar-refractivity contribution in [1.82, 2.24) is 5.32 Å². The smallest absolute Gasteiger partial charge is 0.0946 e. The van der Waals surface area contributed by atoms with E-state index in [9.17, 15) is 0 Å². The van der Waals surface area contributed by atoms with E-state index in [1.54, 1.807) is 12.3 Å². The lowest BCUT2D eigenvalue weighted by atomic mass is 9.76. The van der Waals surface area contributed by atoms with Gasteiger partial charge in [0.25, 0.3) is 0 Å². The molecule has 2 aromatic rings. The van der Waals surface area contributed by atoms with Crippen LogP contribution in [0.4, 0.5) is 0 Å². The summed E-state index contributed by atoms with van der Waals surface area (Å²) < 4.78 is 0. The minimum absolute atomic E-state index is 0.480. The number of allylic oxidation sites excluding steroid dienone is 2. The van der Waals surface area contributed by atoms with E-state index in [1.807, 2.05) is 55.6 Å². The molecule has 0 heterocycles. The summed E-state index contributed by atoms with van der Waals surface area (Å²) in [6.07, 6.45) is 7.25. The summed E-state index contributed by atoms with van der Waals surface area (Å²) in [5, 5.41) is 3.50. The van der Waals surface area contributed by atoms with E-state index < -0.39 is 5.54 Å². The molecule has 2 nitrogen and oxygen atoms in total. The second kappa shape index (κ2) is 7.43. The zero-order valence-corrected chi connectivity index (χ0v) is 12.9. The molecule has 22 heavy (non-hydrogen) atoms. The number of benzene rings is 2. The first kappa shape index (κ1) is 15.8. The average Bonchev–Trinajstić information content (AvgIpc) is 2.58. The zero-order valence-electron chi connectivity index (χ0n) is 12.9. The Bertz CT molecular complexity index is 615. The van der Waals surface area contributed by atoms with Crippen LogP contribution < -0.4 is 11.1 Å². The molecule has 2 aromatic carbocycles. The Kier molecular flexibility index (Phi) is 5.34. The number of hydrogen-bond donors (Lipinski definition) is 2. The summed E-state index contributed by atoms with van der Waals surface area (Å²) in [4.78, 5) is 0. The SMILES string of the molecule is C=C/C=C(\C=C/N)C(NC)(c1ccccc1)c1ccccc1. The number of nitrogens with two attached hydrogens (primary N) is 1. The van der Waals surface area contributed by atoms with Crippen LogP contribution in [0.1, 0.15) is 11.1 Å². The Balaban J connectivity index is 2.78. The van der Waals surface area contributed by atoms with Gasteiger partial charge in [-0.3, -0.25) is 0 Å². The molecule has 3 N–H and O–H groups in total. The van der Waals surface area contributed by atoms with Gasteiger partial charge in [0, 0.05) is 0 Å². The van der Waals surface area contributed by atoms with Crippen LogP contribution in [-0.2, 0) is 5.54 Å². The first-order valence-corrected chi connectivity index (χ1v) is 7.31. The van der Waals surface area contributed by atoms with Gasteiger partial charge in [-0.2, -0.15) is 0 Å². The normalized spacial score (nSPS) is 12.5. The molecule has 0 amide bonds. The van der Waals surface area contributed by atoms with Gasteiger partial charge in [0.05, 0.1) is 5.54 Å².